The molecule has 14 heavy (non-hydrogen) atoms. The maximum atomic E-state index is 5.52. The van der Waals surface area contributed by atoms with Gasteiger partial charge in [0.15, 0.2) is 0 Å². The van der Waals surface area contributed by atoms with E-state index >= 15 is 0 Å². The molecule has 0 heterocycles. The summed E-state index contributed by atoms with van der Waals surface area (Å²) in [5, 5.41) is 0. The quantitative estimate of drug-likeness (QED) is 0.796. The van der Waals surface area contributed by atoms with Crippen molar-refractivity contribution in [3.63, 3.8) is 0 Å². The van der Waals surface area contributed by atoms with Crippen LogP contribution in [0.15, 0.2) is 28.7 Å². The van der Waals surface area contributed by atoms with Crippen molar-refractivity contribution in [1.82, 2.24) is 0 Å². The Morgan fingerprint density at radius 2 is 2.00 bits per heavy atom. The smallest absolute Gasteiger partial charge is 0.0727 e. The topological polar surface area (TPSA) is 35.2 Å². The Bertz CT molecular complexity index is 265. The molecule has 3 heteroatoms. The van der Waals surface area contributed by atoms with Crippen LogP contribution in [0.3, 0.4) is 0 Å². The zero-order chi connectivity index (χ0) is 10.2. The predicted molar refractivity (Wildman–Crippen MR) is 62.1 cm³/mol. The second-order valence-electron chi connectivity index (χ2n) is 3.14. The molecule has 0 aliphatic rings. The number of nitrogens with two attached hydrogens (primary N) is 1. The average molecular weight is 258 g/mol. The molecule has 1 aromatic carbocycles. The lowest BCUT2D eigenvalue weighted by molar-refractivity contribution is 0.117. The van der Waals surface area contributed by atoms with Crippen molar-refractivity contribution in [2.24, 2.45) is 5.73 Å². The molecule has 2 nitrogen and oxygen atoms in total. The van der Waals surface area contributed by atoms with E-state index in [4.69, 9.17) is 10.5 Å². The zero-order valence-corrected chi connectivity index (χ0v) is 9.79. The van der Waals surface area contributed by atoms with Crippen molar-refractivity contribution in [3.05, 3.63) is 34.3 Å². The van der Waals surface area contributed by atoms with Crippen LogP contribution in [0.2, 0.25) is 0 Å². The van der Waals surface area contributed by atoms with Gasteiger partial charge in [0.1, 0.15) is 0 Å². The fourth-order valence-corrected chi connectivity index (χ4v) is 1.55. The molecule has 0 amide bonds. The summed E-state index contributed by atoms with van der Waals surface area (Å²) in [7, 11) is 0. The number of hydrogen-bond donors (Lipinski definition) is 1. The van der Waals surface area contributed by atoms with Crippen molar-refractivity contribution in [2.75, 3.05) is 13.2 Å². The highest BCUT2D eigenvalue weighted by atomic mass is 79.9. The van der Waals surface area contributed by atoms with Crippen LogP contribution in [0, 0.1) is 0 Å². The molecular formula is C11H16BrNO. The molecule has 0 bridgehead atoms. The number of rotatable bonds is 6. The van der Waals surface area contributed by atoms with Gasteiger partial charge in [-0.3, -0.25) is 0 Å². The maximum Gasteiger partial charge on any atom is 0.0727 e. The van der Waals surface area contributed by atoms with Crippen LogP contribution >= 0.6 is 15.9 Å². The van der Waals surface area contributed by atoms with Gasteiger partial charge in [-0.1, -0.05) is 34.1 Å². The second-order valence-corrected chi connectivity index (χ2v) is 3.99. The van der Waals surface area contributed by atoms with Crippen LogP contribution in [0.5, 0.6) is 0 Å². The van der Waals surface area contributed by atoms with Crippen LogP contribution < -0.4 is 5.73 Å². The number of benzene rings is 1. The lowest BCUT2D eigenvalue weighted by atomic mass is 10.2. The molecule has 78 valence electrons. The molecule has 0 aromatic heterocycles. The third kappa shape index (κ3) is 4.22. The van der Waals surface area contributed by atoms with E-state index in [1.54, 1.807) is 0 Å². The molecule has 1 rings (SSSR count). The summed E-state index contributed by atoms with van der Waals surface area (Å²) in [6.07, 6.45) is 2.08. The lowest BCUT2D eigenvalue weighted by Crippen LogP contribution is -2.02. The Labute approximate surface area is 93.6 Å². The van der Waals surface area contributed by atoms with Crippen molar-refractivity contribution in [1.29, 1.82) is 0 Å². The molecule has 0 fully saturated rings. The van der Waals surface area contributed by atoms with Gasteiger partial charge < -0.3 is 10.5 Å². The largest absolute Gasteiger partial charge is 0.377 e. The summed E-state index contributed by atoms with van der Waals surface area (Å²) < 4.78 is 6.63. The van der Waals surface area contributed by atoms with Gasteiger partial charge in [-0.15, -0.1) is 0 Å². The first-order chi connectivity index (χ1) is 6.84. The van der Waals surface area contributed by atoms with Gasteiger partial charge in [0.25, 0.3) is 0 Å². The maximum absolute atomic E-state index is 5.52. The third-order valence-electron chi connectivity index (χ3n) is 1.96. The van der Waals surface area contributed by atoms with Gasteiger partial charge in [0.2, 0.25) is 0 Å². The van der Waals surface area contributed by atoms with Crippen LogP contribution in [0.25, 0.3) is 0 Å². The minimum atomic E-state index is 0.673. The van der Waals surface area contributed by atoms with Gasteiger partial charge in [-0.05, 0) is 31.0 Å². The number of unbranched alkanes of at least 4 members (excludes halogenated alkanes) is 1. The van der Waals surface area contributed by atoms with E-state index in [-0.39, 0.29) is 0 Å². The SMILES string of the molecule is NCCCCOCc1ccccc1Br. The van der Waals surface area contributed by atoms with Crippen molar-refractivity contribution >= 4 is 15.9 Å². The second kappa shape index (κ2) is 6.98. The van der Waals surface area contributed by atoms with E-state index in [0.717, 1.165) is 30.5 Å². The summed E-state index contributed by atoms with van der Waals surface area (Å²) >= 11 is 3.48. The first kappa shape index (κ1) is 11.7. The number of hydrogen-bond acceptors (Lipinski definition) is 2. The van der Waals surface area contributed by atoms with Crippen LogP contribution in [-0.4, -0.2) is 13.2 Å². The summed E-state index contributed by atoms with van der Waals surface area (Å²) in [5.41, 5.74) is 6.58. The minimum Gasteiger partial charge on any atom is -0.377 e. The molecule has 0 aliphatic heterocycles. The fourth-order valence-electron chi connectivity index (χ4n) is 1.15. The predicted octanol–water partition coefficient (Wildman–Crippen LogP) is 2.70. The minimum absolute atomic E-state index is 0.673. The van der Waals surface area contributed by atoms with Crippen LogP contribution in [0.4, 0.5) is 0 Å². The van der Waals surface area contributed by atoms with Gasteiger partial charge in [0, 0.05) is 11.1 Å². The summed E-state index contributed by atoms with van der Waals surface area (Å²) in [6, 6.07) is 8.11. The first-order valence-electron chi connectivity index (χ1n) is 4.86. The normalized spacial score (nSPS) is 10.4. The van der Waals surface area contributed by atoms with Crippen LogP contribution in [0.1, 0.15) is 18.4 Å². The van der Waals surface area contributed by atoms with Gasteiger partial charge in [-0.2, -0.15) is 0 Å². The third-order valence-corrected chi connectivity index (χ3v) is 2.73. The Morgan fingerprint density at radius 1 is 1.21 bits per heavy atom. The fraction of sp³-hybridized carbons (Fsp3) is 0.455. The highest BCUT2D eigenvalue weighted by Gasteiger charge is 1.97. The average Bonchev–Trinajstić information content (AvgIpc) is 2.20. The highest BCUT2D eigenvalue weighted by Crippen LogP contribution is 2.16. The molecular weight excluding hydrogens is 242 g/mol. The molecule has 0 saturated heterocycles. The van der Waals surface area contributed by atoms with Crippen molar-refractivity contribution in [2.45, 2.75) is 19.4 Å². The Hall–Kier alpha value is -0.380. The van der Waals surface area contributed by atoms with E-state index in [9.17, 15) is 0 Å². The molecule has 0 unspecified atom stereocenters. The van der Waals surface area contributed by atoms with Gasteiger partial charge >= 0.3 is 0 Å². The first-order valence-corrected chi connectivity index (χ1v) is 5.65. The molecule has 0 spiro atoms. The number of halogens is 1. The Kier molecular flexibility index (Phi) is 5.83. The van der Waals surface area contributed by atoms with E-state index in [0.29, 0.717) is 6.61 Å². The van der Waals surface area contributed by atoms with Crippen molar-refractivity contribution in [3.8, 4) is 0 Å². The Balaban J connectivity index is 2.21. The molecule has 0 aliphatic carbocycles. The van der Waals surface area contributed by atoms with E-state index in [1.165, 1.54) is 5.56 Å². The van der Waals surface area contributed by atoms with Gasteiger partial charge in [-0.25, -0.2) is 0 Å². The lowest BCUT2D eigenvalue weighted by Gasteiger charge is -2.05. The summed E-state index contributed by atoms with van der Waals surface area (Å²) in [6.45, 7) is 2.21. The van der Waals surface area contributed by atoms with E-state index in [2.05, 4.69) is 22.0 Å². The van der Waals surface area contributed by atoms with E-state index in [1.807, 2.05) is 18.2 Å². The summed E-state index contributed by atoms with van der Waals surface area (Å²) in [4.78, 5) is 0. The Morgan fingerprint density at radius 3 is 2.71 bits per heavy atom. The highest BCUT2D eigenvalue weighted by molar-refractivity contribution is 9.10. The molecule has 0 saturated carbocycles. The van der Waals surface area contributed by atoms with Crippen LogP contribution in [-0.2, 0) is 11.3 Å². The zero-order valence-electron chi connectivity index (χ0n) is 8.21. The molecule has 1 aromatic rings. The van der Waals surface area contributed by atoms with Gasteiger partial charge in [0.05, 0.1) is 6.61 Å². The molecule has 0 atom stereocenters. The monoisotopic (exact) mass is 257 g/mol. The summed E-state index contributed by atoms with van der Waals surface area (Å²) in [5.74, 6) is 0. The molecule has 2 N–H and O–H groups in total. The molecule has 0 radical (unpaired) electrons. The van der Waals surface area contributed by atoms with Crippen molar-refractivity contribution < 1.29 is 4.74 Å². The van der Waals surface area contributed by atoms with E-state index < -0.39 is 0 Å². The standard InChI is InChI=1S/C11H16BrNO/c12-11-6-2-1-5-10(11)9-14-8-4-3-7-13/h1-2,5-6H,3-4,7-9,13H2. The number of ether oxygens (including phenoxy) is 1.